The van der Waals surface area contributed by atoms with Gasteiger partial charge in [0.25, 0.3) is 0 Å². The Hall–Kier alpha value is -1.94. The monoisotopic (exact) mass is 239 g/mol. The van der Waals surface area contributed by atoms with Crippen LogP contribution in [0.15, 0.2) is 0 Å². The van der Waals surface area contributed by atoms with E-state index in [9.17, 15) is 5.11 Å². The van der Waals surface area contributed by atoms with Crippen LogP contribution in [0.1, 0.15) is 13.2 Å². The van der Waals surface area contributed by atoms with E-state index in [2.05, 4.69) is 31.1 Å². The highest BCUT2D eigenvalue weighted by molar-refractivity contribution is 5.40. The van der Waals surface area contributed by atoms with E-state index < -0.39 is 6.23 Å². The lowest BCUT2D eigenvalue weighted by Crippen LogP contribution is -2.20. The summed E-state index contributed by atoms with van der Waals surface area (Å²) in [6.07, 6.45) is -0.843. The minimum atomic E-state index is -0.843. The van der Waals surface area contributed by atoms with E-state index >= 15 is 0 Å². The van der Waals surface area contributed by atoms with Gasteiger partial charge in [0.1, 0.15) is 6.23 Å². The highest BCUT2D eigenvalue weighted by Gasteiger charge is 2.19. The van der Waals surface area contributed by atoms with Crippen molar-refractivity contribution in [1.82, 2.24) is 45.3 Å². The number of rotatable bonds is 4. The van der Waals surface area contributed by atoms with Crippen molar-refractivity contribution in [1.29, 1.82) is 0 Å². The van der Waals surface area contributed by atoms with E-state index in [1.165, 1.54) is 4.68 Å². The molecule has 0 aromatic carbocycles. The van der Waals surface area contributed by atoms with Crippen molar-refractivity contribution in [3.05, 3.63) is 0 Å². The Labute approximate surface area is 96.8 Å². The molecule has 2 aromatic heterocycles. The van der Waals surface area contributed by atoms with Gasteiger partial charge in [-0.25, -0.2) is 4.68 Å². The second kappa shape index (κ2) is 4.51. The smallest absolute Gasteiger partial charge is 0.224 e. The third-order valence-electron chi connectivity index (χ3n) is 2.00. The number of aromatic nitrogens is 8. The Kier molecular flexibility index (Phi) is 3.06. The van der Waals surface area contributed by atoms with Gasteiger partial charge in [0.15, 0.2) is 0 Å². The molecule has 0 spiro atoms. The number of tetrazole rings is 2. The lowest BCUT2D eigenvalue weighted by Gasteiger charge is -2.10. The molecule has 10 heteroatoms. The number of hydrogen-bond donors (Lipinski definition) is 1. The number of aliphatic hydroxyl groups is 1. The van der Waals surface area contributed by atoms with Crippen molar-refractivity contribution >= 4 is 0 Å². The fraction of sp³-hybridized carbons (Fsp3) is 0.714. The predicted octanol–water partition coefficient (Wildman–Crippen LogP) is -1.64. The summed E-state index contributed by atoms with van der Waals surface area (Å²) in [7, 11) is 3.78. The van der Waals surface area contributed by atoms with Gasteiger partial charge in [0.2, 0.25) is 11.6 Å². The third kappa shape index (κ3) is 2.26. The van der Waals surface area contributed by atoms with Crippen molar-refractivity contribution in [3.63, 3.8) is 0 Å². The second-order valence-corrected chi connectivity index (χ2v) is 3.80. The molecule has 0 saturated carbocycles. The molecule has 0 aliphatic carbocycles. The number of nitrogens with zero attached hydrogens (tertiary/aromatic N) is 9. The molecule has 0 aliphatic rings. The van der Waals surface area contributed by atoms with Crippen molar-refractivity contribution in [3.8, 4) is 11.6 Å². The van der Waals surface area contributed by atoms with Crippen molar-refractivity contribution in [2.75, 3.05) is 14.1 Å². The van der Waals surface area contributed by atoms with Gasteiger partial charge < -0.3 is 5.11 Å². The summed E-state index contributed by atoms with van der Waals surface area (Å²) >= 11 is 0. The Bertz CT molecular complexity index is 487. The summed E-state index contributed by atoms with van der Waals surface area (Å²) in [5.74, 6) is 0.733. The van der Waals surface area contributed by atoms with Crippen LogP contribution in [0.2, 0.25) is 0 Å². The molecule has 1 N–H and O–H groups in total. The fourth-order valence-electron chi connectivity index (χ4n) is 1.32. The minimum absolute atomic E-state index is 0.326. The van der Waals surface area contributed by atoms with Crippen LogP contribution >= 0.6 is 0 Å². The highest BCUT2D eigenvalue weighted by Crippen LogP contribution is 2.14. The van der Waals surface area contributed by atoms with E-state index in [4.69, 9.17) is 0 Å². The van der Waals surface area contributed by atoms with Gasteiger partial charge in [-0.3, -0.25) is 4.90 Å². The normalized spacial score (nSPS) is 13.2. The van der Waals surface area contributed by atoms with Crippen LogP contribution in [0, 0.1) is 0 Å². The maximum atomic E-state index is 9.50. The van der Waals surface area contributed by atoms with E-state index in [1.54, 1.807) is 11.6 Å². The van der Waals surface area contributed by atoms with Gasteiger partial charge >= 0.3 is 0 Å². The van der Waals surface area contributed by atoms with Gasteiger partial charge in [-0.1, -0.05) is 0 Å². The van der Waals surface area contributed by atoms with E-state index in [1.807, 2.05) is 19.0 Å². The lowest BCUT2D eigenvalue weighted by atomic mass is 10.5. The molecule has 92 valence electrons. The Morgan fingerprint density at radius 2 is 1.82 bits per heavy atom. The average Bonchev–Trinajstić information content (AvgIpc) is 2.82. The van der Waals surface area contributed by atoms with E-state index in [0.29, 0.717) is 18.3 Å². The summed E-state index contributed by atoms with van der Waals surface area (Å²) in [5.41, 5.74) is 0. The van der Waals surface area contributed by atoms with Crippen LogP contribution in [-0.2, 0) is 6.67 Å². The van der Waals surface area contributed by atoms with Gasteiger partial charge in [-0.05, 0) is 41.9 Å². The zero-order valence-electron chi connectivity index (χ0n) is 9.76. The molecule has 0 bridgehead atoms. The van der Waals surface area contributed by atoms with Crippen LogP contribution < -0.4 is 0 Å². The van der Waals surface area contributed by atoms with Crippen LogP contribution in [0.25, 0.3) is 11.6 Å². The molecular weight excluding hydrogens is 226 g/mol. The van der Waals surface area contributed by atoms with E-state index in [-0.39, 0.29) is 0 Å². The molecule has 0 aliphatic heterocycles. The summed E-state index contributed by atoms with van der Waals surface area (Å²) < 4.78 is 2.79. The molecule has 0 fully saturated rings. The third-order valence-corrected chi connectivity index (χ3v) is 2.00. The van der Waals surface area contributed by atoms with Crippen molar-refractivity contribution in [2.24, 2.45) is 0 Å². The molecule has 17 heavy (non-hydrogen) atoms. The van der Waals surface area contributed by atoms with Crippen LogP contribution in [0.5, 0.6) is 0 Å². The zero-order valence-corrected chi connectivity index (χ0v) is 9.76. The molecule has 10 nitrogen and oxygen atoms in total. The maximum absolute atomic E-state index is 9.50. The molecule has 2 rings (SSSR count). The largest absolute Gasteiger partial charge is 0.372 e. The SMILES string of the molecule is CC(O)n1nnnc1-c1nnnn1CN(C)C. The molecule has 2 aromatic rings. The summed E-state index contributed by atoms with van der Waals surface area (Å²) in [5, 5.41) is 31.7. The van der Waals surface area contributed by atoms with Crippen LogP contribution in [-0.4, -0.2) is 64.5 Å². The minimum Gasteiger partial charge on any atom is -0.372 e. The molecule has 1 unspecified atom stereocenters. The Balaban J connectivity index is 2.39. The molecule has 2 heterocycles. The average molecular weight is 239 g/mol. The molecule has 0 radical (unpaired) electrons. The Morgan fingerprint density at radius 1 is 1.18 bits per heavy atom. The van der Waals surface area contributed by atoms with Crippen molar-refractivity contribution < 1.29 is 5.11 Å². The summed E-state index contributed by atoms with van der Waals surface area (Å²) in [6.45, 7) is 2.05. The predicted molar refractivity (Wildman–Crippen MR) is 55.2 cm³/mol. The van der Waals surface area contributed by atoms with Gasteiger partial charge in [0, 0.05) is 0 Å². The fourth-order valence-corrected chi connectivity index (χ4v) is 1.32. The molecule has 0 saturated heterocycles. The molecular formula is C7H13N9O. The van der Waals surface area contributed by atoms with Gasteiger partial charge in [-0.15, -0.1) is 10.2 Å². The first kappa shape index (κ1) is 11.5. The van der Waals surface area contributed by atoms with Crippen molar-refractivity contribution in [2.45, 2.75) is 19.8 Å². The first-order chi connectivity index (χ1) is 8.09. The first-order valence-electron chi connectivity index (χ1n) is 4.97. The van der Waals surface area contributed by atoms with Crippen LogP contribution in [0.3, 0.4) is 0 Å². The topological polar surface area (TPSA) is 111 Å². The summed E-state index contributed by atoms with van der Waals surface area (Å²) in [4.78, 5) is 1.90. The lowest BCUT2D eigenvalue weighted by molar-refractivity contribution is 0.110. The Morgan fingerprint density at radius 3 is 2.47 bits per heavy atom. The van der Waals surface area contributed by atoms with E-state index in [0.717, 1.165) is 0 Å². The standard InChI is InChI=1S/C7H13N9O/c1-5(17)16-7(9-11-13-16)6-8-10-12-15(6)4-14(2)3/h5,17H,4H2,1-3H3. The van der Waals surface area contributed by atoms with Gasteiger partial charge in [0.05, 0.1) is 6.67 Å². The maximum Gasteiger partial charge on any atom is 0.224 e. The molecule has 1 atom stereocenters. The highest BCUT2D eigenvalue weighted by atomic mass is 16.3. The summed E-state index contributed by atoms with van der Waals surface area (Å²) in [6, 6.07) is 0. The molecule has 0 amide bonds. The van der Waals surface area contributed by atoms with Crippen LogP contribution in [0.4, 0.5) is 0 Å². The zero-order chi connectivity index (χ0) is 12.4. The second-order valence-electron chi connectivity index (χ2n) is 3.80. The quantitative estimate of drug-likeness (QED) is 0.676. The number of hydrogen-bond acceptors (Lipinski definition) is 8. The number of aliphatic hydroxyl groups excluding tert-OH is 1. The van der Waals surface area contributed by atoms with Gasteiger partial charge in [-0.2, -0.15) is 4.68 Å². The first-order valence-corrected chi connectivity index (χ1v) is 4.97.